The minimum Gasteiger partial charge on any atom is -0.394 e. The topological polar surface area (TPSA) is 60.9 Å². The normalized spacial score (nSPS) is 21.7. The summed E-state index contributed by atoms with van der Waals surface area (Å²) in [4.78, 5) is 1.61. The van der Waals surface area contributed by atoms with Gasteiger partial charge in [0.05, 0.1) is 18.7 Å². The lowest BCUT2D eigenvalue weighted by Crippen LogP contribution is -2.48. The van der Waals surface area contributed by atoms with Gasteiger partial charge >= 0.3 is 0 Å². The molecule has 3 aromatic carbocycles. The minimum atomic E-state index is -4.12. The molecule has 2 aliphatic heterocycles. The predicted octanol–water partition coefficient (Wildman–Crippen LogP) is 3.93. The van der Waals surface area contributed by atoms with E-state index in [0.717, 1.165) is 17.3 Å². The summed E-state index contributed by atoms with van der Waals surface area (Å²) in [5.41, 5.74) is 2.73. The summed E-state index contributed by atoms with van der Waals surface area (Å²) in [5, 5.41) is 10.1. The van der Waals surface area contributed by atoms with Gasteiger partial charge in [-0.3, -0.25) is 0 Å². The first kappa shape index (κ1) is 23.5. The standard InChI is InChI=1S/C27H24F2N2O3S/c1-30-24-12-11-19(10-9-18-5-4-6-20(28)15-18)16-22(24)27-21(25(30)17-32)13-14-31(27)35(33,34)26-8-3-2-7-23(26)29/h2-8,11-12,15-16,21,25,27,32H,13-14,17H2,1H3/t21-,25+,27-/m1/s1. The van der Waals surface area contributed by atoms with Crippen LogP contribution in [0.15, 0.2) is 71.6 Å². The maximum absolute atomic E-state index is 14.5. The third kappa shape index (κ3) is 4.10. The van der Waals surface area contributed by atoms with Crippen molar-refractivity contribution in [3.63, 3.8) is 0 Å². The van der Waals surface area contributed by atoms with Gasteiger partial charge in [0.25, 0.3) is 0 Å². The maximum Gasteiger partial charge on any atom is 0.246 e. The number of hydrogen-bond donors (Lipinski definition) is 1. The Morgan fingerprint density at radius 1 is 1.00 bits per heavy atom. The molecule has 0 radical (unpaired) electrons. The van der Waals surface area contributed by atoms with Crippen LogP contribution >= 0.6 is 0 Å². The van der Waals surface area contributed by atoms with E-state index in [9.17, 15) is 22.3 Å². The predicted molar refractivity (Wildman–Crippen MR) is 129 cm³/mol. The summed E-state index contributed by atoms with van der Waals surface area (Å²) in [7, 11) is -2.25. The van der Waals surface area contributed by atoms with Crippen molar-refractivity contribution in [1.29, 1.82) is 0 Å². The van der Waals surface area contributed by atoms with Crippen LogP contribution < -0.4 is 4.90 Å². The summed E-state index contributed by atoms with van der Waals surface area (Å²) in [6.45, 7) is 0.0841. The fraction of sp³-hybridized carbons (Fsp3) is 0.259. The third-order valence-electron chi connectivity index (χ3n) is 6.90. The summed E-state index contributed by atoms with van der Waals surface area (Å²) in [6.07, 6.45) is 0.534. The third-order valence-corrected chi connectivity index (χ3v) is 8.82. The molecule has 2 aliphatic rings. The molecule has 0 unspecified atom stereocenters. The number of anilines is 1. The molecule has 0 aromatic heterocycles. The monoisotopic (exact) mass is 494 g/mol. The smallest absolute Gasteiger partial charge is 0.246 e. The lowest BCUT2D eigenvalue weighted by atomic mass is 9.82. The summed E-state index contributed by atoms with van der Waals surface area (Å²) in [6, 6.07) is 16.0. The van der Waals surface area contributed by atoms with E-state index in [1.807, 2.05) is 30.1 Å². The first-order chi connectivity index (χ1) is 16.8. The van der Waals surface area contributed by atoms with E-state index in [-0.39, 0.29) is 35.8 Å². The van der Waals surface area contributed by atoms with Crippen molar-refractivity contribution in [2.75, 3.05) is 25.1 Å². The Bertz CT molecular complexity index is 1450. The van der Waals surface area contributed by atoms with Crippen LogP contribution in [0.25, 0.3) is 0 Å². The number of aliphatic hydroxyl groups excluding tert-OH is 1. The van der Waals surface area contributed by atoms with Crippen molar-refractivity contribution in [2.45, 2.75) is 23.4 Å². The molecule has 0 aliphatic carbocycles. The zero-order valence-electron chi connectivity index (χ0n) is 19.0. The Kier molecular flexibility index (Phi) is 6.09. The molecular weight excluding hydrogens is 470 g/mol. The van der Waals surface area contributed by atoms with Gasteiger partial charge < -0.3 is 10.0 Å². The number of benzene rings is 3. The highest BCUT2D eigenvalue weighted by Gasteiger charge is 2.50. The SMILES string of the molecule is CN1c2ccc(C#Cc3cccc(F)c3)cc2[C@H]2[C@H](CCN2S(=O)(=O)c2ccccc2F)[C@@H]1CO. The van der Waals surface area contributed by atoms with E-state index in [4.69, 9.17) is 0 Å². The van der Waals surface area contributed by atoms with Crippen LogP contribution in [0.3, 0.4) is 0 Å². The van der Waals surface area contributed by atoms with Gasteiger partial charge in [0, 0.05) is 36.3 Å². The van der Waals surface area contributed by atoms with Gasteiger partial charge in [-0.05, 0) is 60.5 Å². The fourth-order valence-electron chi connectivity index (χ4n) is 5.25. The molecule has 3 atom stereocenters. The lowest BCUT2D eigenvalue weighted by Gasteiger charge is -2.44. The van der Waals surface area contributed by atoms with Crippen LogP contribution in [0.2, 0.25) is 0 Å². The Labute approximate surface area is 203 Å². The molecule has 5 nitrogen and oxygen atoms in total. The second-order valence-corrected chi connectivity index (χ2v) is 10.7. The molecule has 0 amide bonds. The summed E-state index contributed by atoms with van der Waals surface area (Å²) in [5.74, 6) is 4.65. The Balaban J connectivity index is 1.60. The fourth-order valence-corrected chi connectivity index (χ4v) is 6.98. The maximum atomic E-state index is 14.5. The van der Waals surface area contributed by atoms with Gasteiger partial charge in [0.15, 0.2) is 0 Å². The molecule has 1 saturated heterocycles. The van der Waals surface area contributed by atoms with Crippen LogP contribution in [0.4, 0.5) is 14.5 Å². The lowest BCUT2D eigenvalue weighted by molar-refractivity contribution is 0.193. The average Bonchev–Trinajstić information content (AvgIpc) is 3.29. The van der Waals surface area contributed by atoms with Crippen molar-refractivity contribution in [3.05, 3.63) is 95.1 Å². The zero-order chi connectivity index (χ0) is 24.7. The molecule has 3 aromatic rings. The number of rotatable bonds is 3. The molecule has 0 spiro atoms. The molecule has 1 N–H and O–H groups in total. The molecule has 8 heteroatoms. The molecule has 2 heterocycles. The minimum absolute atomic E-state index is 0.133. The van der Waals surface area contributed by atoms with Gasteiger partial charge in [-0.15, -0.1) is 0 Å². The quantitative estimate of drug-likeness (QED) is 0.561. The van der Waals surface area contributed by atoms with Crippen LogP contribution in [-0.2, 0) is 10.0 Å². The highest BCUT2D eigenvalue weighted by atomic mass is 32.2. The van der Waals surface area contributed by atoms with Crippen molar-refractivity contribution < 1.29 is 22.3 Å². The van der Waals surface area contributed by atoms with E-state index < -0.39 is 21.9 Å². The van der Waals surface area contributed by atoms with Crippen molar-refractivity contribution in [3.8, 4) is 11.8 Å². The number of likely N-dealkylation sites (N-methyl/N-ethyl adjacent to an activating group) is 1. The van der Waals surface area contributed by atoms with E-state index in [1.54, 1.807) is 12.1 Å². The molecule has 180 valence electrons. The summed E-state index contributed by atoms with van der Waals surface area (Å²) >= 11 is 0. The second kappa shape index (κ2) is 9.08. The highest BCUT2D eigenvalue weighted by molar-refractivity contribution is 7.89. The number of fused-ring (bicyclic) bond motifs is 3. The number of hydrogen-bond acceptors (Lipinski definition) is 4. The molecule has 0 saturated carbocycles. The number of aliphatic hydroxyl groups is 1. The Morgan fingerprint density at radius 2 is 1.74 bits per heavy atom. The van der Waals surface area contributed by atoms with Gasteiger partial charge in [0.2, 0.25) is 10.0 Å². The largest absolute Gasteiger partial charge is 0.394 e. The second-order valence-electron chi connectivity index (χ2n) is 8.84. The van der Waals surface area contributed by atoms with Crippen LogP contribution in [0, 0.1) is 29.4 Å². The number of halogens is 2. The zero-order valence-corrected chi connectivity index (χ0v) is 19.8. The van der Waals surface area contributed by atoms with E-state index in [2.05, 4.69) is 11.8 Å². The van der Waals surface area contributed by atoms with Gasteiger partial charge in [-0.25, -0.2) is 17.2 Å². The average molecular weight is 495 g/mol. The van der Waals surface area contributed by atoms with Crippen molar-refractivity contribution in [1.82, 2.24) is 4.31 Å². The Hall–Kier alpha value is -3.25. The first-order valence-electron chi connectivity index (χ1n) is 11.3. The van der Waals surface area contributed by atoms with E-state index in [1.165, 1.54) is 34.6 Å². The van der Waals surface area contributed by atoms with Gasteiger partial charge in [0.1, 0.15) is 16.5 Å². The molecular formula is C27H24F2N2O3S. The van der Waals surface area contributed by atoms with Crippen LogP contribution in [0.1, 0.15) is 29.2 Å². The van der Waals surface area contributed by atoms with E-state index in [0.29, 0.717) is 17.5 Å². The van der Waals surface area contributed by atoms with Crippen LogP contribution in [0.5, 0.6) is 0 Å². The molecule has 0 bridgehead atoms. The van der Waals surface area contributed by atoms with E-state index >= 15 is 0 Å². The highest BCUT2D eigenvalue weighted by Crippen LogP contribution is 2.50. The Morgan fingerprint density at radius 3 is 2.46 bits per heavy atom. The summed E-state index contributed by atoms with van der Waals surface area (Å²) < 4.78 is 56.5. The molecule has 1 fully saturated rings. The number of nitrogens with zero attached hydrogens (tertiary/aromatic N) is 2. The van der Waals surface area contributed by atoms with Crippen LogP contribution in [-0.4, -0.2) is 44.1 Å². The van der Waals surface area contributed by atoms with Gasteiger partial charge in [-0.1, -0.05) is 30.0 Å². The van der Waals surface area contributed by atoms with Gasteiger partial charge in [-0.2, -0.15) is 4.31 Å². The first-order valence-corrected chi connectivity index (χ1v) is 12.8. The van der Waals surface area contributed by atoms with Crippen molar-refractivity contribution in [2.24, 2.45) is 5.92 Å². The molecule has 5 rings (SSSR count). The van der Waals surface area contributed by atoms with Crippen molar-refractivity contribution >= 4 is 15.7 Å². The molecule has 35 heavy (non-hydrogen) atoms. The number of sulfonamides is 1.